The molecule has 11 heteroatoms. The van der Waals surface area contributed by atoms with E-state index in [0.29, 0.717) is 42.4 Å². The fraction of sp³-hybridized carbons (Fsp3) is 0.217. The summed E-state index contributed by atoms with van der Waals surface area (Å²) in [4.78, 5) is 17.6. The first-order valence-electron chi connectivity index (χ1n) is 10.6. The fourth-order valence-electron chi connectivity index (χ4n) is 3.80. The molecular formula is C23H19ClN6O3S. The number of rotatable bonds is 6. The first-order chi connectivity index (χ1) is 16.7. The molecule has 0 aliphatic carbocycles. The van der Waals surface area contributed by atoms with Crippen LogP contribution in [0.3, 0.4) is 0 Å². The maximum absolute atomic E-state index is 6.45. The van der Waals surface area contributed by atoms with Crippen LogP contribution >= 0.6 is 22.9 Å². The normalized spacial score (nSPS) is 18.9. The maximum Gasteiger partial charge on any atom is 0.290 e. The van der Waals surface area contributed by atoms with Crippen LogP contribution in [0.4, 0.5) is 17.2 Å². The molecule has 34 heavy (non-hydrogen) atoms. The van der Waals surface area contributed by atoms with Crippen LogP contribution in [0.1, 0.15) is 5.01 Å². The summed E-state index contributed by atoms with van der Waals surface area (Å²) in [5.74, 6) is 1.25. The third-order valence-electron chi connectivity index (χ3n) is 5.46. The summed E-state index contributed by atoms with van der Waals surface area (Å²) in [7, 11) is 0. The molecule has 1 saturated heterocycles. The van der Waals surface area contributed by atoms with E-state index in [2.05, 4.69) is 30.6 Å². The minimum absolute atomic E-state index is 0.0122. The number of benzene rings is 2. The molecule has 0 radical (unpaired) electrons. The highest BCUT2D eigenvalue weighted by Gasteiger charge is 2.36. The summed E-state index contributed by atoms with van der Waals surface area (Å²) in [6.07, 6.45) is 3.26. The molecule has 0 spiro atoms. The number of aliphatic imine (C=N–C) groups is 1. The number of aromatic nitrogens is 3. The van der Waals surface area contributed by atoms with Crippen LogP contribution in [0, 0.1) is 0 Å². The summed E-state index contributed by atoms with van der Waals surface area (Å²) < 4.78 is 17.0. The number of halogens is 1. The third-order valence-corrected chi connectivity index (χ3v) is 6.51. The Balaban J connectivity index is 1.20. The molecule has 0 bridgehead atoms. The predicted octanol–water partition coefficient (Wildman–Crippen LogP) is 4.63. The van der Waals surface area contributed by atoms with Gasteiger partial charge in [-0.1, -0.05) is 11.6 Å². The average molecular weight is 495 g/mol. The quantitative estimate of drug-likeness (QED) is 0.400. The molecule has 2 aliphatic heterocycles. The number of nitrogens with zero attached hydrogens (tertiary/aromatic N) is 4. The van der Waals surface area contributed by atoms with E-state index in [4.69, 9.17) is 25.8 Å². The summed E-state index contributed by atoms with van der Waals surface area (Å²) in [6.45, 7) is 1.53. The van der Waals surface area contributed by atoms with E-state index in [1.807, 2.05) is 35.7 Å². The van der Waals surface area contributed by atoms with Crippen molar-refractivity contribution in [3.63, 3.8) is 0 Å². The summed E-state index contributed by atoms with van der Waals surface area (Å²) in [5.41, 5.74) is 2.41. The largest absolute Gasteiger partial charge is 0.485 e. The van der Waals surface area contributed by atoms with E-state index in [0.717, 1.165) is 27.3 Å². The molecule has 0 amide bonds. The van der Waals surface area contributed by atoms with Gasteiger partial charge in [0.05, 0.1) is 23.8 Å². The number of amidine groups is 1. The summed E-state index contributed by atoms with van der Waals surface area (Å²) in [5, 5.41) is 10.7. The van der Waals surface area contributed by atoms with Gasteiger partial charge >= 0.3 is 0 Å². The van der Waals surface area contributed by atoms with Crippen molar-refractivity contribution in [2.45, 2.75) is 18.8 Å². The van der Waals surface area contributed by atoms with Gasteiger partial charge in [-0.25, -0.2) is 19.9 Å². The molecule has 2 unspecified atom stereocenters. The van der Waals surface area contributed by atoms with Gasteiger partial charge in [-0.3, -0.25) is 0 Å². The second-order valence-corrected chi connectivity index (χ2v) is 9.15. The van der Waals surface area contributed by atoms with E-state index >= 15 is 0 Å². The van der Waals surface area contributed by atoms with Gasteiger partial charge in [-0.05, 0) is 36.4 Å². The standard InChI is InChI=1S/C23H19ClN6O3S/c24-16-8-14(2-4-19(16)32-11-21-25-5-6-34-21)28-22-15-7-13(1-3-17(15)26-12-27-22)29-23-30-18-9-31-10-20(18)33-23/h1-8,12,18,20H,9-11H2,(H,29,30)(H,26,27,28). The number of fused-ring (bicyclic) bond motifs is 2. The molecule has 6 rings (SSSR count). The molecule has 4 heterocycles. The molecule has 9 nitrogen and oxygen atoms in total. The number of ether oxygens (including phenoxy) is 3. The zero-order valence-corrected chi connectivity index (χ0v) is 19.3. The number of anilines is 3. The zero-order chi connectivity index (χ0) is 22.9. The fourth-order valence-corrected chi connectivity index (χ4v) is 4.56. The van der Waals surface area contributed by atoms with Crippen LogP contribution in [0.5, 0.6) is 5.75 Å². The van der Waals surface area contributed by atoms with Crippen LogP contribution in [-0.2, 0) is 16.1 Å². The Morgan fingerprint density at radius 1 is 1.06 bits per heavy atom. The van der Waals surface area contributed by atoms with Crippen molar-refractivity contribution in [1.29, 1.82) is 0 Å². The van der Waals surface area contributed by atoms with Crippen molar-refractivity contribution in [2.75, 3.05) is 23.8 Å². The minimum atomic E-state index is -0.0122. The number of hydrogen-bond donors (Lipinski definition) is 2. The van der Waals surface area contributed by atoms with Gasteiger partial charge in [0.25, 0.3) is 6.02 Å². The lowest BCUT2D eigenvalue weighted by Crippen LogP contribution is -2.21. The molecule has 0 saturated carbocycles. The highest BCUT2D eigenvalue weighted by Crippen LogP contribution is 2.32. The van der Waals surface area contributed by atoms with Gasteiger partial charge in [-0.2, -0.15) is 0 Å². The predicted molar refractivity (Wildman–Crippen MR) is 131 cm³/mol. The molecule has 2 aromatic heterocycles. The Labute approximate surface area is 203 Å². The number of nitrogens with one attached hydrogen (secondary N) is 2. The number of thiazole rings is 1. The SMILES string of the molecule is Clc1cc(Nc2ncnc3ccc(NC4=NC5COCC5O4)cc23)ccc1OCc1nccs1. The lowest BCUT2D eigenvalue weighted by molar-refractivity contribution is 0.138. The van der Waals surface area contributed by atoms with Gasteiger partial charge in [0.1, 0.15) is 41.7 Å². The Hall–Kier alpha value is -3.47. The maximum atomic E-state index is 6.45. The molecule has 172 valence electrons. The summed E-state index contributed by atoms with van der Waals surface area (Å²) >= 11 is 7.99. The highest BCUT2D eigenvalue weighted by atomic mass is 35.5. The number of hydrogen-bond acceptors (Lipinski definition) is 10. The van der Waals surface area contributed by atoms with Crippen LogP contribution in [0.25, 0.3) is 10.9 Å². The van der Waals surface area contributed by atoms with Gasteiger partial charge < -0.3 is 24.8 Å². The van der Waals surface area contributed by atoms with Gasteiger partial charge in [0.2, 0.25) is 0 Å². The van der Waals surface area contributed by atoms with E-state index in [1.54, 1.807) is 12.3 Å². The lowest BCUT2D eigenvalue weighted by Gasteiger charge is -2.13. The molecule has 1 fully saturated rings. The Morgan fingerprint density at radius 2 is 1.97 bits per heavy atom. The van der Waals surface area contributed by atoms with Crippen LogP contribution in [0.15, 0.2) is 59.3 Å². The zero-order valence-electron chi connectivity index (χ0n) is 17.8. The Morgan fingerprint density at radius 3 is 2.82 bits per heavy atom. The second kappa shape index (κ2) is 9.05. The van der Waals surface area contributed by atoms with Crippen LogP contribution < -0.4 is 15.4 Å². The molecule has 2 aromatic carbocycles. The minimum Gasteiger partial charge on any atom is -0.485 e. The van der Waals surface area contributed by atoms with Crippen molar-refractivity contribution in [3.05, 3.63) is 64.3 Å². The van der Waals surface area contributed by atoms with Crippen LogP contribution in [-0.4, -0.2) is 46.3 Å². The Bertz CT molecular complexity index is 1370. The van der Waals surface area contributed by atoms with Crippen molar-refractivity contribution in [1.82, 2.24) is 15.0 Å². The van der Waals surface area contributed by atoms with E-state index in [1.165, 1.54) is 17.7 Å². The second-order valence-electron chi connectivity index (χ2n) is 7.76. The molecule has 2 atom stereocenters. The first-order valence-corrected chi connectivity index (χ1v) is 11.9. The summed E-state index contributed by atoms with van der Waals surface area (Å²) in [6, 6.07) is 11.9. The van der Waals surface area contributed by atoms with E-state index in [9.17, 15) is 0 Å². The molecule has 4 aromatic rings. The van der Waals surface area contributed by atoms with Gasteiger partial charge in [-0.15, -0.1) is 11.3 Å². The first kappa shape index (κ1) is 21.1. The molecule has 2 aliphatic rings. The van der Waals surface area contributed by atoms with E-state index in [-0.39, 0.29) is 12.1 Å². The lowest BCUT2D eigenvalue weighted by atomic mass is 10.2. The van der Waals surface area contributed by atoms with Crippen molar-refractivity contribution in [2.24, 2.45) is 4.99 Å². The molecule has 2 N–H and O–H groups in total. The average Bonchev–Trinajstić information content (AvgIpc) is 3.57. The van der Waals surface area contributed by atoms with Crippen molar-refractivity contribution in [3.8, 4) is 5.75 Å². The van der Waals surface area contributed by atoms with E-state index < -0.39 is 0 Å². The topological polar surface area (TPSA) is 103 Å². The van der Waals surface area contributed by atoms with Crippen molar-refractivity contribution >= 4 is 57.1 Å². The third kappa shape index (κ3) is 4.35. The molecular weight excluding hydrogens is 476 g/mol. The van der Waals surface area contributed by atoms with Gasteiger partial charge in [0, 0.05) is 28.3 Å². The Kier molecular flexibility index (Phi) is 5.61. The smallest absolute Gasteiger partial charge is 0.290 e. The van der Waals surface area contributed by atoms with Gasteiger partial charge in [0.15, 0.2) is 0 Å². The highest BCUT2D eigenvalue weighted by molar-refractivity contribution is 7.09. The van der Waals surface area contributed by atoms with Crippen LogP contribution in [0.2, 0.25) is 5.02 Å². The monoisotopic (exact) mass is 494 g/mol. The van der Waals surface area contributed by atoms with Crippen molar-refractivity contribution < 1.29 is 14.2 Å².